The topological polar surface area (TPSA) is 238 Å². The molecule has 20 rings (SSSR count). The number of ketones is 4. The van der Waals surface area contributed by atoms with Crippen LogP contribution in [0.15, 0.2) is 49.6 Å². The van der Waals surface area contributed by atoms with Crippen LogP contribution < -0.4 is 0 Å². The van der Waals surface area contributed by atoms with E-state index in [0.29, 0.717) is 132 Å². The number of alkyl halides is 5. The third-order valence-corrected chi connectivity index (χ3v) is 39.4. The molecule has 0 bridgehead atoms. The number of halogens is 5. The first kappa shape index (κ1) is 91.8. The Morgan fingerprint density at radius 1 is 0.370 bits per heavy atom. The number of Topliss-reactive ketones (excluding diaryl/α,β-unsaturated/α-hetero) is 4. The number of nitrogens with zero attached hydrogens (tertiary/aromatic N) is 12. The van der Waals surface area contributed by atoms with Crippen molar-refractivity contribution in [2.75, 3.05) is 0 Å². The van der Waals surface area contributed by atoms with Crippen LogP contribution >= 0.6 is 0 Å². The zero-order valence-electron chi connectivity index (χ0n) is 76.4. The van der Waals surface area contributed by atoms with Crippen molar-refractivity contribution in [3.05, 3.63) is 95.2 Å². The van der Waals surface area contributed by atoms with Crippen molar-refractivity contribution in [3.63, 3.8) is 0 Å². The minimum absolute atomic E-state index is 0.0408. The number of rotatable bonds is 12. The molecule has 16 fully saturated rings. The third-order valence-electron chi connectivity index (χ3n) is 39.4. The molecule has 16 aliphatic carbocycles. The Morgan fingerprint density at radius 3 is 0.961 bits per heavy atom. The van der Waals surface area contributed by atoms with Gasteiger partial charge in [0.15, 0.2) is 23.1 Å². The van der Waals surface area contributed by atoms with E-state index in [1.807, 2.05) is 34.6 Å². The second-order valence-corrected chi connectivity index (χ2v) is 46.8. The van der Waals surface area contributed by atoms with Crippen molar-refractivity contribution in [1.29, 1.82) is 0 Å². The number of aromatic nitrogens is 8. The van der Waals surface area contributed by atoms with Gasteiger partial charge in [0.25, 0.3) is 0 Å². The van der Waals surface area contributed by atoms with Gasteiger partial charge in [0.2, 0.25) is 22.7 Å². The fourth-order valence-electron chi connectivity index (χ4n) is 34.4. The van der Waals surface area contributed by atoms with E-state index in [2.05, 4.69) is 67.5 Å². The first-order valence-corrected chi connectivity index (χ1v) is 49.0. The molecule has 0 amide bonds. The van der Waals surface area contributed by atoms with E-state index in [1.165, 1.54) is 64.5 Å². The molecule has 20 nitrogen and oxygen atoms in total. The Bertz CT molecular complexity index is 4750. The predicted molar refractivity (Wildman–Crippen MR) is 469 cm³/mol. The van der Waals surface area contributed by atoms with Gasteiger partial charge < -0.3 is 20.4 Å². The molecule has 4 heterocycles. The molecule has 4 N–H and O–H groups in total. The molecule has 0 aromatic carbocycles. The van der Waals surface area contributed by atoms with Crippen LogP contribution in [0.2, 0.25) is 0 Å². The minimum atomic E-state index is -4.41. The highest BCUT2D eigenvalue weighted by Gasteiger charge is 2.69. The predicted octanol–water partition coefficient (Wildman–Crippen LogP) is 21.0. The van der Waals surface area contributed by atoms with E-state index in [9.17, 15) is 52.8 Å². The zero-order valence-corrected chi connectivity index (χ0v) is 76.4. The number of carbonyl (C=O) groups is 4. The number of hydrogen-bond acceptors (Lipinski definition) is 12. The summed E-state index contributed by atoms with van der Waals surface area (Å²) < 4.78 is 79.7. The molecule has 0 aliphatic heterocycles. The van der Waals surface area contributed by atoms with Gasteiger partial charge in [-0.25, -0.2) is 28.2 Å². The summed E-state index contributed by atoms with van der Waals surface area (Å²) in [5, 5.41) is 58.8. The Balaban J connectivity index is 0.000000119. The smallest absolute Gasteiger partial charge is 0.390 e. The van der Waals surface area contributed by atoms with Crippen molar-refractivity contribution < 1.29 is 61.6 Å². The average Bonchev–Trinajstić information content (AvgIpc) is 1.63. The molecule has 4 aromatic rings. The monoisotopic (exact) mass is 1760 g/mol. The Labute approximate surface area is 748 Å². The molecule has 4 aromatic heterocycles. The van der Waals surface area contributed by atoms with E-state index < -0.39 is 75.8 Å². The van der Waals surface area contributed by atoms with Gasteiger partial charge in [-0.2, -0.15) is 33.6 Å². The van der Waals surface area contributed by atoms with Gasteiger partial charge in [-0.3, -0.25) is 37.9 Å². The summed E-state index contributed by atoms with van der Waals surface area (Å²) in [7, 11) is 0. The number of carbonyl (C=O) groups excluding carboxylic acids is 4. The summed E-state index contributed by atoms with van der Waals surface area (Å²) in [5.41, 5.74) is -1.66. The SMILES string of the molecule is [C-]#[N+]c1cnn(CC(=O)C2[C@@H](F)CC3C4CC[C@@H]5C[C@](C)(O)CC[C@@H]5C4CC[C@@]32C)c1.[C-]#[N+]c1cnn(CC(=O)C2[C@H](C(F)(F)F)CC3C4CC[C@@H]5C[C@](C)(O)CC[C@@H]5C4CC[C@@]32C)c1.[C-]#[N+]c1cnn(CC(=O)C2[C@H](F)CC3C4CC[C@@H]5C[C@](C)(O)CC[C@@H]5C4CC[C@@]32C)c1.[C-]#[N+]c1cnn(CC(=O)[C@H]2C[C@@H](C)[C@H]3[C@@H]4CC[C@@H]5C[C@](C)(O)CC[C@@H]5[C@H]4CC[C@@]32C)c1. The minimum Gasteiger partial charge on any atom is -0.390 e. The van der Waals surface area contributed by atoms with Gasteiger partial charge in [0.05, 0.1) is 117 Å². The summed E-state index contributed by atoms with van der Waals surface area (Å²) in [5.74, 6) is 7.10. The molecule has 690 valence electrons. The molecule has 36 atom stereocenters. The van der Waals surface area contributed by atoms with Crippen molar-refractivity contribution in [2.45, 2.75) is 335 Å². The molecule has 16 saturated carbocycles. The lowest BCUT2D eigenvalue weighted by Crippen LogP contribution is -2.51. The van der Waals surface area contributed by atoms with Gasteiger partial charge in [-0.1, -0.05) is 34.6 Å². The van der Waals surface area contributed by atoms with Gasteiger partial charge >= 0.3 is 6.18 Å². The van der Waals surface area contributed by atoms with Crippen LogP contribution in [0.4, 0.5) is 44.7 Å². The Kier molecular flexibility index (Phi) is 25.0. The van der Waals surface area contributed by atoms with Crippen LogP contribution in [0.5, 0.6) is 0 Å². The lowest BCUT2D eigenvalue weighted by atomic mass is 9.48. The average molecular weight is 1760 g/mol. The second-order valence-electron chi connectivity index (χ2n) is 46.8. The van der Waals surface area contributed by atoms with E-state index >= 15 is 8.78 Å². The third kappa shape index (κ3) is 17.3. The Morgan fingerprint density at radius 2 is 0.646 bits per heavy atom. The maximum atomic E-state index is 15.4. The van der Waals surface area contributed by atoms with Crippen LogP contribution in [-0.4, -0.2) is 124 Å². The van der Waals surface area contributed by atoms with Crippen LogP contribution in [0.3, 0.4) is 0 Å². The molecule has 0 saturated heterocycles. The fraction of sp³-hybridized carbons (Fsp3) is 0.804. The van der Waals surface area contributed by atoms with Crippen LogP contribution in [0.25, 0.3) is 19.4 Å². The van der Waals surface area contributed by atoms with E-state index in [0.717, 1.165) is 172 Å². The van der Waals surface area contributed by atoms with E-state index in [4.69, 9.17) is 26.3 Å². The van der Waals surface area contributed by atoms with Crippen LogP contribution in [0.1, 0.15) is 268 Å². The summed E-state index contributed by atoms with van der Waals surface area (Å²) >= 11 is 0. The lowest BCUT2D eigenvalue weighted by Gasteiger charge is -2.57. The fourth-order valence-corrected chi connectivity index (χ4v) is 34.4. The molecular formula is C102H139F5N12O8. The highest BCUT2D eigenvalue weighted by molar-refractivity contribution is 5.84. The summed E-state index contributed by atoms with van der Waals surface area (Å²) in [6, 6.07) is 0. The standard InChI is InChI=1S/C26H34F3N3O2.C26H37N3O2.2C25H34FN3O2/c1-24(34)8-6-17-15(11-24)4-5-19-18(17)7-9-25(2)20(19)10-21(26(27,28)29)23(25)22(33)14-32-13-16(30-3)12-31-32;1-16-11-22(23(30)15-29-14-18(27-4)13-28-29)26(3)10-8-20-19-7-9-25(2,31)12-17(19)5-6-21(20)24(16)26;2*1-24(31)8-6-17-15(11-24)4-5-19-18(17)7-9-25(2)20(19)10-21(26)23(25)22(30)14-29-13-16(27-3)12-28-29/h12-13,15,17-21,23,34H,4-11,14H2,1-2H3;13-14,16-17,19-22,24,31H,5-12,15H2,1-3H3;2*12-13,15,17-21,23,31H,4-11,14H2,1-2H3/t15-,17+,18?,19?,20?,21-,23?,24-,25+;16-,17-,19+,20-,21-,22-,24+,25-,26-;15-,17+,18?,19?,20?,21+,23?,24-,25+;15-,17+,18?,19?,20?,21-,23?,24-,25+/m1111/s1. The molecule has 25 heteroatoms. The summed E-state index contributed by atoms with van der Waals surface area (Å²) in [6.45, 7) is 47.5. The molecule has 127 heavy (non-hydrogen) atoms. The van der Waals surface area contributed by atoms with Crippen LogP contribution in [-0.2, 0) is 45.4 Å². The zero-order chi connectivity index (χ0) is 90.4. The largest absolute Gasteiger partial charge is 0.392 e. The maximum absolute atomic E-state index is 15.4. The normalized spacial score (nSPS) is 45.8. The highest BCUT2D eigenvalue weighted by Crippen LogP contribution is 2.72. The van der Waals surface area contributed by atoms with Gasteiger partial charge in [0, 0.05) is 36.6 Å². The van der Waals surface area contributed by atoms with Crippen LogP contribution in [0, 0.1) is 202 Å². The summed E-state index contributed by atoms with van der Waals surface area (Å²) in [4.78, 5) is 66.7. The highest BCUT2D eigenvalue weighted by atomic mass is 19.4. The molecule has 0 radical (unpaired) electrons. The van der Waals surface area contributed by atoms with Crippen molar-refractivity contribution in [1.82, 2.24) is 39.1 Å². The van der Waals surface area contributed by atoms with Crippen molar-refractivity contribution in [2.24, 2.45) is 176 Å². The molecule has 0 spiro atoms. The Hall–Kier alpha value is -7.03. The number of aliphatic hydroxyl groups is 4. The summed E-state index contributed by atoms with van der Waals surface area (Å²) in [6.07, 6.45) is 35.8. The van der Waals surface area contributed by atoms with Gasteiger partial charge in [-0.05, 0) is 379 Å². The quantitative estimate of drug-likeness (QED) is 0.0765. The van der Waals surface area contributed by atoms with Gasteiger partial charge in [-0.15, -0.1) is 0 Å². The van der Waals surface area contributed by atoms with Gasteiger partial charge in [0.1, 0.15) is 12.3 Å². The van der Waals surface area contributed by atoms with E-state index in [-0.39, 0.29) is 89.1 Å². The number of fused-ring (bicyclic) bond motifs is 20. The first-order valence-electron chi connectivity index (χ1n) is 49.0. The maximum Gasteiger partial charge on any atom is 0.392 e. The molecular weight excluding hydrogens is 1620 g/mol. The molecule has 12 unspecified atom stereocenters. The number of hydrogen-bond donors (Lipinski definition) is 4. The lowest BCUT2D eigenvalue weighted by molar-refractivity contribution is -0.191. The van der Waals surface area contributed by atoms with Crippen molar-refractivity contribution in [3.8, 4) is 0 Å². The second kappa shape index (κ2) is 34.5. The first-order chi connectivity index (χ1) is 60.1. The van der Waals surface area contributed by atoms with Crippen molar-refractivity contribution >= 4 is 45.9 Å². The molecule has 16 aliphatic rings. The van der Waals surface area contributed by atoms with E-state index in [1.54, 1.807) is 29.5 Å².